The number of hydrogen-bond acceptors (Lipinski definition) is 8. The lowest BCUT2D eigenvalue weighted by Crippen LogP contribution is -2.34. The van der Waals surface area contributed by atoms with Crippen LogP contribution in [0.3, 0.4) is 0 Å². The highest BCUT2D eigenvalue weighted by Gasteiger charge is 2.20. The summed E-state index contributed by atoms with van der Waals surface area (Å²) < 4.78 is 6.31. The van der Waals surface area contributed by atoms with E-state index >= 15 is 0 Å². The Morgan fingerprint density at radius 3 is 2.00 bits per heavy atom. The predicted octanol–water partition coefficient (Wildman–Crippen LogP) is 3.50. The van der Waals surface area contributed by atoms with Crippen molar-refractivity contribution in [3.8, 4) is 0 Å². The third kappa shape index (κ3) is 4.88. The number of anilines is 3. The number of aromatic nitrogens is 3. The average Bonchev–Trinajstić information content (AvgIpc) is 3.14. The molecule has 1 N–H and O–H groups in total. The molecule has 0 spiro atoms. The van der Waals surface area contributed by atoms with Crippen molar-refractivity contribution in [1.29, 1.82) is 0 Å². The summed E-state index contributed by atoms with van der Waals surface area (Å²) in [7, 11) is 0. The number of hydrazone groups is 1. The highest BCUT2D eigenvalue weighted by molar-refractivity contribution is 14.1. The molecule has 0 aliphatic carbocycles. The Hall–Kier alpha value is -1.91. The minimum atomic E-state index is 0.476. The van der Waals surface area contributed by atoms with Crippen molar-refractivity contribution < 1.29 is 4.42 Å². The van der Waals surface area contributed by atoms with Gasteiger partial charge in [-0.25, -0.2) is 5.43 Å². The maximum atomic E-state index is 5.49. The number of rotatable bonds is 5. The molecule has 0 bridgehead atoms. The topological polar surface area (TPSA) is 82.7 Å². The lowest BCUT2D eigenvalue weighted by atomic mass is 10.1. The molecule has 2 fully saturated rings. The zero-order chi connectivity index (χ0) is 18.5. The van der Waals surface area contributed by atoms with Crippen molar-refractivity contribution in [3.63, 3.8) is 0 Å². The molecule has 0 radical (unpaired) electrons. The molecule has 4 heterocycles. The van der Waals surface area contributed by atoms with E-state index < -0.39 is 0 Å². The molecular formula is C18H24IN7O. The Morgan fingerprint density at radius 1 is 0.889 bits per heavy atom. The molecule has 0 unspecified atom stereocenters. The second-order valence-corrected chi connectivity index (χ2v) is 7.93. The first-order valence-corrected chi connectivity index (χ1v) is 10.7. The molecule has 0 amide bonds. The Labute approximate surface area is 172 Å². The van der Waals surface area contributed by atoms with E-state index in [1.54, 1.807) is 6.21 Å². The summed E-state index contributed by atoms with van der Waals surface area (Å²) in [5.74, 6) is 2.66. The van der Waals surface area contributed by atoms with Gasteiger partial charge in [0.15, 0.2) is 3.77 Å². The molecule has 9 heteroatoms. The first kappa shape index (κ1) is 18.5. The summed E-state index contributed by atoms with van der Waals surface area (Å²) in [6, 6.07) is 3.77. The predicted molar refractivity (Wildman–Crippen MR) is 115 cm³/mol. The van der Waals surface area contributed by atoms with E-state index in [0.29, 0.717) is 11.7 Å². The molecule has 2 aromatic heterocycles. The van der Waals surface area contributed by atoms with Crippen LogP contribution in [0, 0.1) is 3.77 Å². The normalized spacial score (nSPS) is 18.3. The van der Waals surface area contributed by atoms with E-state index in [0.717, 1.165) is 41.8 Å². The maximum absolute atomic E-state index is 5.49. The average molecular weight is 481 g/mol. The Kier molecular flexibility index (Phi) is 6.05. The van der Waals surface area contributed by atoms with E-state index in [-0.39, 0.29) is 0 Å². The van der Waals surface area contributed by atoms with Gasteiger partial charge in [-0.15, -0.1) is 0 Å². The monoisotopic (exact) mass is 481 g/mol. The summed E-state index contributed by atoms with van der Waals surface area (Å²) in [4.78, 5) is 18.5. The highest BCUT2D eigenvalue weighted by Crippen LogP contribution is 2.22. The summed E-state index contributed by atoms with van der Waals surface area (Å²) in [5, 5.41) is 4.24. The van der Waals surface area contributed by atoms with Crippen LogP contribution in [0.15, 0.2) is 21.7 Å². The lowest BCUT2D eigenvalue weighted by molar-refractivity contribution is 0.531. The number of hydrogen-bond donors (Lipinski definition) is 1. The summed E-state index contributed by atoms with van der Waals surface area (Å²) >= 11 is 2.13. The van der Waals surface area contributed by atoms with Crippen molar-refractivity contribution in [2.45, 2.75) is 38.5 Å². The lowest BCUT2D eigenvalue weighted by Gasteiger charge is -2.30. The first-order chi connectivity index (χ1) is 13.3. The number of halogens is 1. The van der Waals surface area contributed by atoms with Gasteiger partial charge in [0, 0.05) is 26.2 Å². The van der Waals surface area contributed by atoms with Gasteiger partial charge in [0.1, 0.15) is 5.76 Å². The molecule has 0 saturated carbocycles. The molecule has 27 heavy (non-hydrogen) atoms. The molecule has 2 aliphatic rings. The van der Waals surface area contributed by atoms with Crippen molar-refractivity contribution in [3.05, 3.63) is 21.7 Å². The second-order valence-electron chi connectivity index (χ2n) is 6.87. The molecule has 4 rings (SSSR count). The van der Waals surface area contributed by atoms with Gasteiger partial charge in [-0.1, -0.05) is 0 Å². The van der Waals surface area contributed by atoms with Gasteiger partial charge < -0.3 is 14.2 Å². The fourth-order valence-electron chi connectivity index (χ4n) is 3.43. The van der Waals surface area contributed by atoms with Crippen LogP contribution in [-0.2, 0) is 0 Å². The van der Waals surface area contributed by atoms with Crippen LogP contribution in [0.4, 0.5) is 17.8 Å². The van der Waals surface area contributed by atoms with E-state index in [2.05, 4.69) is 52.9 Å². The van der Waals surface area contributed by atoms with Crippen molar-refractivity contribution in [2.75, 3.05) is 41.4 Å². The molecular weight excluding hydrogens is 457 g/mol. The highest BCUT2D eigenvalue weighted by atomic mass is 127. The smallest absolute Gasteiger partial charge is 0.250 e. The van der Waals surface area contributed by atoms with Crippen LogP contribution in [0.1, 0.15) is 44.3 Å². The van der Waals surface area contributed by atoms with Crippen LogP contribution in [-0.4, -0.2) is 47.3 Å². The molecule has 2 aromatic rings. The van der Waals surface area contributed by atoms with Crippen LogP contribution < -0.4 is 15.2 Å². The molecule has 144 valence electrons. The molecule has 0 aromatic carbocycles. The SMILES string of the molecule is Ic1ccc(/C=N/Nc2nc(N3CCCCC3)nc(N3CCCCC3)n2)o1. The summed E-state index contributed by atoms with van der Waals surface area (Å²) in [6.45, 7) is 3.99. The van der Waals surface area contributed by atoms with Crippen molar-refractivity contribution in [2.24, 2.45) is 5.10 Å². The van der Waals surface area contributed by atoms with E-state index in [1.165, 1.54) is 38.5 Å². The number of furan rings is 1. The number of piperidine rings is 2. The minimum absolute atomic E-state index is 0.476. The zero-order valence-corrected chi connectivity index (χ0v) is 17.4. The largest absolute Gasteiger partial charge is 0.449 e. The first-order valence-electron chi connectivity index (χ1n) is 9.58. The molecule has 2 aliphatic heterocycles. The Bertz CT molecular complexity index is 746. The maximum Gasteiger partial charge on any atom is 0.250 e. The van der Waals surface area contributed by atoms with Gasteiger partial charge in [-0.3, -0.25) is 0 Å². The molecule has 2 saturated heterocycles. The van der Waals surface area contributed by atoms with Gasteiger partial charge in [0.2, 0.25) is 17.8 Å². The van der Waals surface area contributed by atoms with Crippen LogP contribution in [0.5, 0.6) is 0 Å². The van der Waals surface area contributed by atoms with E-state index in [4.69, 9.17) is 9.40 Å². The third-order valence-electron chi connectivity index (χ3n) is 4.84. The third-order valence-corrected chi connectivity index (χ3v) is 5.42. The fourth-order valence-corrected chi connectivity index (χ4v) is 3.86. The fraction of sp³-hybridized carbons (Fsp3) is 0.556. The Morgan fingerprint density at radius 2 is 1.48 bits per heavy atom. The van der Waals surface area contributed by atoms with Gasteiger partial charge in [-0.05, 0) is 73.2 Å². The number of nitrogens with one attached hydrogen (secondary N) is 1. The minimum Gasteiger partial charge on any atom is -0.449 e. The Balaban J connectivity index is 1.55. The van der Waals surface area contributed by atoms with Gasteiger partial charge in [0.25, 0.3) is 0 Å². The van der Waals surface area contributed by atoms with Gasteiger partial charge in [-0.2, -0.15) is 20.1 Å². The molecule has 8 nitrogen and oxygen atoms in total. The quantitative estimate of drug-likeness (QED) is 0.398. The van der Waals surface area contributed by atoms with Crippen LogP contribution in [0.25, 0.3) is 0 Å². The van der Waals surface area contributed by atoms with Gasteiger partial charge >= 0.3 is 0 Å². The van der Waals surface area contributed by atoms with E-state index in [1.807, 2.05) is 12.1 Å². The zero-order valence-electron chi connectivity index (χ0n) is 15.3. The van der Waals surface area contributed by atoms with Crippen LogP contribution in [0.2, 0.25) is 0 Å². The molecule has 0 atom stereocenters. The standard InChI is InChI=1S/C18H24IN7O/c19-15-8-7-14(27-15)13-20-24-16-21-17(25-9-3-1-4-10-25)23-18(22-16)26-11-5-2-6-12-26/h7-8,13H,1-6,9-12H2,(H,21,22,23,24)/b20-13+. The van der Waals surface area contributed by atoms with Crippen LogP contribution >= 0.6 is 22.6 Å². The van der Waals surface area contributed by atoms with E-state index in [9.17, 15) is 0 Å². The number of nitrogens with zero attached hydrogens (tertiary/aromatic N) is 6. The van der Waals surface area contributed by atoms with Gasteiger partial charge in [0.05, 0.1) is 6.21 Å². The summed E-state index contributed by atoms with van der Waals surface area (Å²) in [6.07, 6.45) is 8.92. The summed E-state index contributed by atoms with van der Waals surface area (Å²) in [5.41, 5.74) is 2.95. The van der Waals surface area contributed by atoms with Crippen molar-refractivity contribution in [1.82, 2.24) is 15.0 Å². The van der Waals surface area contributed by atoms with Crippen molar-refractivity contribution >= 4 is 46.7 Å². The second kappa shape index (κ2) is 8.85.